The number of non-ortho nitro benzene ring substituents is 1. The first-order valence-electron chi connectivity index (χ1n) is 9.50. The van der Waals surface area contributed by atoms with Crippen molar-refractivity contribution in [3.8, 4) is 5.75 Å². The number of hydrogen-bond acceptors (Lipinski definition) is 6. The lowest BCUT2D eigenvalue weighted by molar-refractivity contribution is -0.384. The first-order valence-corrected chi connectivity index (χ1v) is 9.88. The van der Waals surface area contributed by atoms with Crippen LogP contribution in [0.1, 0.15) is 17.2 Å². The molecule has 1 unspecified atom stereocenters. The molecule has 164 valence electrons. The number of nitro groups is 1. The van der Waals surface area contributed by atoms with E-state index >= 15 is 0 Å². The predicted octanol–water partition coefficient (Wildman–Crippen LogP) is 4.72. The monoisotopic (exact) mass is 454 g/mol. The summed E-state index contributed by atoms with van der Waals surface area (Å²) in [6.45, 7) is 0. The zero-order valence-corrected chi connectivity index (χ0v) is 17.7. The van der Waals surface area contributed by atoms with Crippen LogP contribution in [-0.2, 0) is 20.7 Å². The normalized spacial score (nSPS) is 11.3. The van der Waals surface area contributed by atoms with Crippen LogP contribution in [0.25, 0.3) is 0 Å². The van der Waals surface area contributed by atoms with E-state index in [1.54, 1.807) is 54.6 Å². The van der Waals surface area contributed by atoms with Crippen LogP contribution in [0.4, 0.5) is 11.4 Å². The highest BCUT2D eigenvalue weighted by atomic mass is 35.5. The number of carbonyl (C=O) groups excluding carboxylic acids is 2. The molecular weight excluding hydrogens is 436 g/mol. The van der Waals surface area contributed by atoms with E-state index in [4.69, 9.17) is 21.1 Å². The number of nitro benzene ring substituents is 1. The van der Waals surface area contributed by atoms with Gasteiger partial charge in [-0.05, 0) is 12.1 Å². The van der Waals surface area contributed by atoms with Gasteiger partial charge in [0, 0.05) is 23.3 Å². The number of hydrogen-bond donors (Lipinski definition) is 1. The van der Waals surface area contributed by atoms with Gasteiger partial charge in [-0.2, -0.15) is 0 Å². The predicted molar refractivity (Wildman–Crippen MR) is 119 cm³/mol. The Bertz CT molecular complexity index is 1140. The van der Waals surface area contributed by atoms with E-state index in [-0.39, 0.29) is 22.8 Å². The number of amides is 1. The van der Waals surface area contributed by atoms with Gasteiger partial charge in [0.05, 0.1) is 29.2 Å². The summed E-state index contributed by atoms with van der Waals surface area (Å²) in [6, 6.07) is 19.1. The average Bonchev–Trinajstić information content (AvgIpc) is 2.79. The van der Waals surface area contributed by atoms with Crippen LogP contribution >= 0.6 is 11.6 Å². The zero-order chi connectivity index (χ0) is 23.1. The smallest absolute Gasteiger partial charge is 0.311 e. The Morgan fingerprint density at radius 1 is 1.06 bits per heavy atom. The van der Waals surface area contributed by atoms with Gasteiger partial charge in [0.1, 0.15) is 5.75 Å². The highest BCUT2D eigenvalue weighted by Gasteiger charge is 2.26. The number of esters is 1. The maximum absolute atomic E-state index is 13.0. The van der Waals surface area contributed by atoms with Crippen LogP contribution in [0.3, 0.4) is 0 Å². The minimum atomic E-state index is -1.26. The summed E-state index contributed by atoms with van der Waals surface area (Å²) in [7, 11) is 1.50. The van der Waals surface area contributed by atoms with E-state index in [0.717, 1.165) is 6.07 Å². The number of nitrogens with one attached hydrogen (secondary N) is 1. The van der Waals surface area contributed by atoms with Crippen molar-refractivity contribution < 1.29 is 24.0 Å². The van der Waals surface area contributed by atoms with Crippen LogP contribution in [-0.4, -0.2) is 23.9 Å². The first kappa shape index (κ1) is 22.8. The Hall–Kier alpha value is -3.91. The molecule has 3 rings (SSSR count). The molecule has 3 aromatic carbocycles. The molecule has 3 aromatic rings. The van der Waals surface area contributed by atoms with Crippen LogP contribution in [0.2, 0.25) is 5.02 Å². The van der Waals surface area contributed by atoms with E-state index in [9.17, 15) is 19.7 Å². The summed E-state index contributed by atoms with van der Waals surface area (Å²) in [4.78, 5) is 35.9. The lowest BCUT2D eigenvalue weighted by atomic mass is 10.1. The summed E-state index contributed by atoms with van der Waals surface area (Å²) in [5.74, 6) is -0.753. The minimum absolute atomic E-state index is 0.0142. The number of methoxy groups -OCH3 is 1. The molecule has 1 amide bonds. The van der Waals surface area contributed by atoms with Gasteiger partial charge in [0.15, 0.2) is 0 Å². The van der Waals surface area contributed by atoms with Crippen molar-refractivity contribution >= 4 is 34.9 Å². The van der Waals surface area contributed by atoms with Crippen LogP contribution in [0, 0.1) is 10.1 Å². The van der Waals surface area contributed by atoms with E-state index < -0.39 is 22.9 Å². The van der Waals surface area contributed by atoms with Crippen molar-refractivity contribution in [1.82, 2.24) is 0 Å². The number of carbonyl (C=O) groups is 2. The third-order valence-electron chi connectivity index (χ3n) is 4.54. The van der Waals surface area contributed by atoms with Gasteiger partial charge in [-0.25, -0.2) is 0 Å². The van der Waals surface area contributed by atoms with E-state index in [2.05, 4.69) is 5.32 Å². The third-order valence-corrected chi connectivity index (χ3v) is 4.85. The highest BCUT2D eigenvalue weighted by Crippen LogP contribution is 2.29. The van der Waals surface area contributed by atoms with E-state index in [0.29, 0.717) is 16.9 Å². The van der Waals surface area contributed by atoms with Crippen molar-refractivity contribution in [2.24, 2.45) is 0 Å². The molecule has 0 aliphatic rings. The molecule has 0 aliphatic carbocycles. The molecular formula is C23H19ClN2O6. The number of halogens is 1. The van der Waals surface area contributed by atoms with Gasteiger partial charge >= 0.3 is 5.97 Å². The largest absolute Gasteiger partial charge is 0.496 e. The maximum atomic E-state index is 13.0. The second kappa shape index (κ2) is 10.4. The van der Waals surface area contributed by atoms with Crippen molar-refractivity contribution in [3.05, 3.63) is 99.1 Å². The molecule has 0 fully saturated rings. The Kier molecular flexibility index (Phi) is 7.41. The molecule has 0 spiro atoms. The average molecular weight is 455 g/mol. The van der Waals surface area contributed by atoms with Gasteiger partial charge in [0.2, 0.25) is 6.10 Å². The minimum Gasteiger partial charge on any atom is -0.496 e. The van der Waals surface area contributed by atoms with E-state index in [1.807, 2.05) is 0 Å². The molecule has 0 aliphatic heterocycles. The molecule has 1 atom stereocenters. The molecule has 0 bridgehead atoms. The van der Waals surface area contributed by atoms with Crippen molar-refractivity contribution in [2.45, 2.75) is 12.5 Å². The van der Waals surface area contributed by atoms with Gasteiger partial charge in [-0.15, -0.1) is 0 Å². The summed E-state index contributed by atoms with van der Waals surface area (Å²) in [6.07, 6.45) is -1.36. The highest BCUT2D eigenvalue weighted by molar-refractivity contribution is 6.34. The fourth-order valence-corrected chi connectivity index (χ4v) is 3.22. The number of para-hydroxylation sites is 1. The summed E-state index contributed by atoms with van der Waals surface area (Å²) < 4.78 is 10.8. The zero-order valence-electron chi connectivity index (χ0n) is 17.0. The van der Waals surface area contributed by atoms with Crippen molar-refractivity contribution in [2.75, 3.05) is 12.4 Å². The standard InChI is InChI=1S/C23H19ClN2O6/c1-31-20-10-6-5-9-16(20)13-21(27)32-22(15-7-3-2-4-8-15)23(28)25-19-12-11-17(26(29)30)14-18(19)24/h2-12,14,22H,13H2,1H3,(H,25,28). The Morgan fingerprint density at radius 3 is 2.41 bits per heavy atom. The molecule has 0 heterocycles. The molecule has 8 nitrogen and oxygen atoms in total. The Morgan fingerprint density at radius 2 is 1.75 bits per heavy atom. The number of anilines is 1. The number of nitrogens with zero attached hydrogens (tertiary/aromatic N) is 1. The summed E-state index contributed by atoms with van der Waals surface area (Å²) in [5, 5.41) is 13.4. The van der Waals surface area contributed by atoms with Gasteiger partial charge in [-0.3, -0.25) is 19.7 Å². The molecule has 0 radical (unpaired) electrons. The Balaban J connectivity index is 1.81. The topological polar surface area (TPSA) is 108 Å². The number of rotatable bonds is 8. The molecule has 9 heteroatoms. The fraction of sp³-hybridized carbons (Fsp3) is 0.130. The van der Waals surface area contributed by atoms with Crippen LogP contribution < -0.4 is 10.1 Å². The molecule has 0 saturated heterocycles. The summed E-state index contributed by atoms with van der Waals surface area (Å²) >= 11 is 6.07. The summed E-state index contributed by atoms with van der Waals surface area (Å²) in [5.41, 5.74) is 1.02. The number of ether oxygens (including phenoxy) is 2. The van der Waals surface area contributed by atoms with Crippen molar-refractivity contribution in [1.29, 1.82) is 0 Å². The van der Waals surface area contributed by atoms with Gasteiger partial charge in [0.25, 0.3) is 11.6 Å². The molecule has 0 saturated carbocycles. The first-order chi connectivity index (χ1) is 15.4. The van der Waals surface area contributed by atoms with E-state index in [1.165, 1.54) is 19.2 Å². The third kappa shape index (κ3) is 5.61. The second-order valence-corrected chi connectivity index (χ2v) is 7.09. The second-order valence-electron chi connectivity index (χ2n) is 6.68. The van der Waals surface area contributed by atoms with Crippen molar-refractivity contribution in [3.63, 3.8) is 0 Å². The maximum Gasteiger partial charge on any atom is 0.311 e. The molecule has 1 N–H and O–H groups in total. The van der Waals surface area contributed by atoms with Crippen LogP contribution in [0.15, 0.2) is 72.8 Å². The van der Waals surface area contributed by atoms with Gasteiger partial charge < -0.3 is 14.8 Å². The molecule has 32 heavy (non-hydrogen) atoms. The lowest BCUT2D eigenvalue weighted by Crippen LogP contribution is -2.26. The Labute approximate surface area is 188 Å². The van der Waals surface area contributed by atoms with Crippen LogP contribution in [0.5, 0.6) is 5.75 Å². The quantitative estimate of drug-likeness (QED) is 0.299. The lowest BCUT2D eigenvalue weighted by Gasteiger charge is -2.19. The van der Waals surface area contributed by atoms with Gasteiger partial charge in [-0.1, -0.05) is 60.1 Å². The molecule has 0 aromatic heterocycles. The SMILES string of the molecule is COc1ccccc1CC(=O)OC(C(=O)Nc1ccc([N+](=O)[O-])cc1Cl)c1ccccc1. The fourth-order valence-electron chi connectivity index (χ4n) is 3.00. The number of benzene rings is 3.